The van der Waals surface area contributed by atoms with E-state index in [0.717, 1.165) is 0 Å². The van der Waals surface area contributed by atoms with Gasteiger partial charge in [0.25, 0.3) is 0 Å². The van der Waals surface area contributed by atoms with E-state index >= 15 is 0 Å². The fourth-order valence-electron chi connectivity index (χ4n) is 3.92. The van der Waals surface area contributed by atoms with E-state index in [-0.39, 0.29) is 18.1 Å². The van der Waals surface area contributed by atoms with Crippen LogP contribution >= 0.6 is 0 Å². The van der Waals surface area contributed by atoms with E-state index in [1.54, 1.807) is 30.3 Å². The quantitative estimate of drug-likeness (QED) is 0.452. The van der Waals surface area contributed by atoms with Gasteiger partial charge in [-0.2, -0.15) is 0 Å². The number of carbonyl (C=O) groups excluding carboxylic acids is 2. The standard InChI is InChI=1S/C23H23NO8/c1-23(2)15-7-11(30-10-17(27)16(26)9-25)3-5-13(15)20(28)19-14-6-4-12(31-22(24)29)8-18(14)32-21(19)23/h3-8,16-17,25-27H,9-10H2,1-2H3,(H2,24,29)/t16-,17-/m1/s1. The first-order valence-electron chi connectivity index (χ1n) is 9.96. The van der Waals surface area contributed by atoms with E-state index in [9.17, 15) is 19.8 Å². The number of aliphatic hydroxyl groups is 3. The van der Waals surface area contributed by atoms with Crippen molar-refractivity contribution in [3.05, 3.63) is 58.8 Å². The molecule has 4 rings (SSSR count). The van der Waals surface area contributed by atoms with Crippen LogP contribution in [0.1, 0.15) is 41.1 Å². The molecule has 0 radical (unpaired) electrons. The molecule has 9 nitrogen and oxygen atoms in total. The minimum atomic E-state index is -1.31. The number of amides is 1. The summed E-state index contributed by atoms with van der Waals surface area (Å²) in [6.07, 6.45) is -3.52. The highest BCUT2D eigenvalue weighted by molar-refractivity contribution is 6.19. The molecule has 32 heavy (non-hydrogen) atoms. The Morgan fingerprint density at radius 2 is 1.84 bits per heavy atom. The number of nitrogens with two attached hydrogens (primary N) is 1. The van der Waals surface area contributed by atoms with Crippen molar-refractivity contribution in [2.24, 2.45) is 5.73 Å². The van der Waals surface area contributed by atoms with Crippen molar-refractivity contribution in [3.8, 4) is 11.5 Å². The third-order valence-electron chi connectivity index (χ3n) is 5.64. The SMILES string of the molecule is CC1(C)c2cc(OC[C@@H](O)[C@H](O)CO)ccc2C(=O)c2c1oc1cc(OC(N)=O)ccc21. The van der Waals surface area contributed by atoms with E-state index in [0.29, 0.717) is 39.2 Å². The molecule has 3 aromatic rings. The lowest BCUT2D eigenvalue weighted by atomic mass is 9.71. The van der Waals surface area contributed by atoms with Gasteiger partial charge in [0.15, 0.2) is 5.78 Å². The van der Waals surface area contributed by atoms with Crippen molar-refractivity contribution in [2.45, 2.75) is 31.5 Å². The van der Waals surface area contributed by atoms with Gasteiger partial charge < -0.3 is 34.9 Å². The molecule has 0 fully saturated rings. The number of furan rings is 1. The van der Waals surface area contributed by atoms with Crippen LogP contribution in [0.3, 0.4) is 0 Å². The van der Waals surface area contributed by atoms with Crippen molar-refractivity contribution in [3.63, 3.8) is 0 Å². The van der Waals surface area contributed by atoms with Gasteiger partial charge in [-0.1, -0.05) is 0 Å². The summed E-state index contributed by atoms with van der Waals surface area (Å²) >= 11 is 0. The fraction of sp³-hybridized carbons (Fsp3) is 0.304. The van der Waals surface area contributed by atoms with Gasteiger partial charge in [0.1, 0.15) is 41.7 Å². The summed E-state index contributed by atoms with van der Waals surface area (Å²) < 4.78 is 16.5. The maximum atomic E-state index is 13.3. The van der Waals surface area contributed by atoms with Crippen LogP contribution in [0.15, 0.2) is 40.8 Å². The van der Waals surface area contributed by atoms with Crippen molar-refractivity contribution >= 4 is 22.8 Å². The predicted octanol–water partition coefficient (Wildman–Crippen LogP) is 1.85. The Labute approximate surface area is 183 Å². The molecule has 0 spiro atoms. The maximum Gasteiger partial charge on any atom is 0.409 e. The number of carbonyl (C=O) groups is 2. The third kappa shape index (κ3) is 3.60. The van der Waals surface area contributed by atoms with Crippen molar-refractivity contribution < 1.29 is 38.8 Å². The number of benzene rings is 2. The molecule has 0 saturated carbocycles. The second-order valence-corrected chi connectivity index (χ2v) is 8.18. The molecule has 0 saturated heterocycles. The topological polar surface area (TPSA) is 152 Å². The van der Waals surface area contributed by atoms with Crippen LogP contribution < -0.4 is 15.2 Å². The van der Waals surface area contributed by atoms with Crippen molar-refractivity contribution in [2.75, 3.05) is 13.2 Å². The third-order valence-corrected chi connectivity index (χ3v) is 5.64. The Balaban J connectivity index is 1.72. The van der Waals surface area contributed by atoms with Crippen LogP contribution in [-0.2, 0) is 5.41 Å². The predicted molar refractivity (Wildman–Crippen MR) is 113 cm³/mol. The van der Waals surface area contributed by atoms with Gasteiger partial charge in [-0.15, -0.1) is 0 Å². The maximum absolute atomic E-state index is 13.3. The molecule has 2 atom stereocenters. The summed E-state index contributed by atoms with van der Waals surface area (Å²) in [5, 5.41) is 28.8. The molecule has 1 heterocycles. The van der Waals surface area contributed by atoms with Crippen LogP contribution in [0.2, 0.25) is 0 Å². The molecular formula is C23H23NO8. The summed E-state index contributed by atoms with van der Waals surface area (Å²) in [6, 6.07) is 9.66. The average Bonchev–Trinajstić information content (AvgIpc) is 3.15. The second-order valence-electron chi connectivity index (χ2n) is 8.18. The van der Waals surface area contributed by atoms with Gasteiger partial charge in [0.05, 0.1) is 12.2 Å². The molecular weight excluding hydrogens is 418 g/mol. The smallest absolute Gasteiger partial charge is 0.409 e. The molecule has 0 aliphatic heterocycles. The minimum absolute atomic E-state index is 0.207. The molecule has 168 valence electrons. The monoisotopic (exact) mass is 441 g/mol. The van der Waals surface area contributed by atoms with Crippen LogP contribution in [0.4, 0.5) is 4.79 Å². The van der Waals surface area contributed by atoms with Gasteiger partial charge in [-0.3, -0.25) is 4.79 Å². The molecule has 1 aliphatic rings. The lowest BCUT2D eigenvalue weighted by Gasteiger charge is -2.31. The summed E-state index contributed by atoms with van der Waals surface area (Å²) in [5.41, 5.74) is 6.37. The van der Waals surface area contributed by atoms with Crippen molar-refractivity contribution in [1.82, 2.24) is 0 Å². The van der Waals surface area contributed by atoms with Crippen LogP contribution in [-0.4, -0.2) is 52.6 Å². The van der Waals surface area contributed by atoms with Crippen LogP contribution in [0, 0.1) is 0 Å². The first kappa shape index (κ1) is 21.8. The Morgan fingerprint density at radius 3 is 2.53 bits per heavy atom. The zero-order valence-corrected chi connectivity index (χ0v) is 17.5. The number of rotatable bonds is 6. The van der Waals surface area contributed by atoms with E-state index in [1.807, 2.05) is 13.8 Å². The zero-order valence-electron chi connectivity index (χ0n) is 17.5. The van der Waals surface area contributed by atoms with E-state index in [4.69, 9.17) is 24.7 Å². The van der Waals surface area contributed by atoms with Gasteiger partial charge in [0.2, 0.25) is 0 Å². The number of ether oxygens (including phenoxy) is 2. The summed E-state index contributed by atoms with van der Waals surface area (Å²) in [5.74, 6) is 0.858. The van der Waals surface area contributed by atoms with Gasteiger partial charge >= 0.3 is 6.09 Å². The Bertz CT molecular complexity index is 1210. The molecule has 0 unspecified atom stereocenters. The highest BCUT2D eigenvalue weighted by Gasteiger charge is 2.41. The first-order valence-corrected chi connectivity index (χ1v) is 9.96. The number of aliphatic hydroxyl groups excluding tert-OH is 3. The van der Waals surface area contributed by atoms with E-state index < -0.39 is 30.3 Å². The van der Waals surface area contributed by atoms with Crippen LogP contribution in [0.25, 0.3) is 11.0 Å². The first-order chi connectivity index (χ1) is 15.1. The van der Waals surface area contributed by atoms with Crippen molar-refractivity contribution in [1.29, 1.82) is 0 Å². The van der Waals surface area contributed by atoms with E-state index in [2.05, 4.69) is 0 Å². The lowest BCUT2D eigenvalue weighted by Crippen LogP contribution is -2.34. The number of fused-ring (bicyclic) bond motifs is 4. The average molecular weight is 441 g/mol. The fourth-order valence-corrected chi connectivity index (χ4v) is 3.92. The second kappa shape index (κ2) is 7.94. The summed E-state index contributed by atoms with van der Waals surface area (Å²) in [4.78, 5) is 24.4. The van der Waals surface area contributed by atoms with Gasteiger partial charge in [-0.05, 0) is 49.7 Å². The molecule has 1 aromatic heterocycles. The molecule has 9 heteroatoms. The number of hydrogen-bond acceptors (Lipinski definition) is 8. The Kier molecular flexibility index (Phi) is 5.41. The molecule has 2 aromatic carbocycles. The number of hydrogen-bond donors (Lipinski definition) is 4. The van der Waals surface area contributed by atoms with Crippen LogP contribution in [0.5, 0.6) is 11.5 Å². The molecule has 0 bridgehead atoms. The number of primary amides is 1. The molecule has 1 aliphatic carbocycles. The highest BCUT2D eigenvalue weighted by atomic mass is 16.5. The Hall–Kier alpha value is -3.40. The minimum Gasteiger partial charge on any atom is -0.491 e. The highest BCUT2D eigenvalue weighted by Crippen LogP contribution is 2.46. The van der Waals surface area contributed by atoms with E-state index in [1.165, 1.54) is 6.07 Å². The normalized spacial score (nSPS) is 16.2. The Morgan fingerprint density at radius 1 is 1.12 bits per heavy atom. The van der Waals surface area contributed by atoms with Gasteiger partial charge in [-0.25, -0.2) is 4.79 Å². The van der Waals surface area contributed by atoms with Gasteiger partial charge in [0, 0.05) is 22.4 Å². The zero-order chi connectivity index (χ0) is 23.2. The summed E-state index contributed by atoms with van der Waals surface area (Å²) in [6.45, 7) is 3.01. The molecule has 5 N–H and O–H groups in total. The summed E-state index contributed by atoms with van der Waals surface area (Å²) in [7, 11) is 0. The lowest BCUT2D eigenvalue weighted by molar-refractivity contribution is -0.0339. The molecule has 1 amide bonds. The number of ketones is 1. The largest absolute Gasteiger partial charge is 0.491 e.